The largest absolute Gasteiger partial charge is 0.328 e. The van der Waals surface area contributed by atoms with Crippen molar-refractivity contribution < 1.29 is 9.18 Å². The Balaban J connectivity index is 1.58. The fraction of sp³-hybridized carbons (Fsp3) is 0.190. The highest BCUT2D eigenvalue weighted by atomic mass is 19.1. The average molecular weight is 360 g/mol. The van der Waals surface area contributed by atoms with Crippen molar-refractivity contribution in [1.29, 1.82) is 0 Å². The van der Waals surface area contributed by atoms with Crippen LogP contribution in [-0.4, -0.2) is 20.5 Å². The van der Waals surface area contributed by atoms with E-state index < -0.39 is 0 Å². The first kappa shape index (κ1) is 15.9. The van der Waals surface area contributed by atoms with E-state index in [1.807, 2.05) is 30.3 Å². The number of carbonyl (C=O) groups is 1. The minimum absolute atomic E-state index is 0.0234. The number of ketones is 1. The van der Waals surface area contributed by atoms with Gasteiger partial charge in [0.05, 0.1) is 0 Å². The number of carbonyl (C=O) groups excluding carboxylic acids is 1. The topological polar surface area (TPSA) is 59.8 Å². The smallest absolute Gasteiger partial charge is 0.226 e. The van der Waals surface area contributed by atoms with E-state index in [0.717, 1.165) is 22.4 Å². The van der Waals surface area contributed by atoms with Gasteiger partial charge in [0, 0.05) is 17.7 Å². The van der Waals surface area contributed by atoms with Crippen LogP contribution in [-0.2, 0) is 4.79 Å². The van der Waals surface area contributed by atoms with E-state index in [4.69, 9.17) is 0 Å². The number of nitrogens with one attached hydrogen (secondary N) is 1. The van der Waals surface area contributed by atoms with Gasteiger partial charge in [0.25, 0.3) is 0 Å². The first-order valence-corrected chi connectivity index (χ1v) is 8.94. The lowest BCUT2D eigenvalue weighted by molar-refractivity contribution is -0.116. The molecule has 0 radical (unpaired) electrons. The molecule has 0 saturated heterocycles. The van der Waals surface area contributed by atoms with Crippen molar-refractivity contribution in [1.82, 2.24) is 14.8 Å². The van der Waals surface area contributed by atoms with Gasteiger partial charge >= 0.3 is 0 Å². The van der Waals surface area contributed by atoms with Crippen LogP contribution in [0.2, 0.25) is 0 Å². The number of rotatable bonds is 2. The summed E-state index contributed by atoms with van der Waals surface area (Å²) in [4.78, 5) is 17.5. The summed E-state index contributed by atoms with van der Waals surface area (Å²) >= 11 is 0. The third-order valence-corrected chi connectivity index (χ3v) is 5.32. The van der Waals surface area contributed by atoms with Crippen molar-refractivity contribution in [2.24, 2.45) is 0 Å². The molecule has 1 aliphatic carbocycles. The van der Waals surface area contributed by atoms with Gasteiger partial charge in [0.1, 0.15) is 18.2 Å². The van der Waals surface area contributed by atoms with E-state index in [2.05, 4.69) is 15.4 Å². The highest BCUT2D eigenvalue weighted by Gasteiger charge is 2.39. The van der Waals surface area contributed by atoms with Crippen LogP contribution in [0.3, 0.4) is 0 Å². The van der Waals surface area contributed by atoms with Gasteiger partial charge in [-0.25, -0.2) is 9.07 Å². The summed E-state index contributed by atoms with van der Waals surface area (Å²) in [6.45, 7) is 0. The van der Waals surface area contributed by atoms with Crippen molar-refractivity contribution in [3.05, 3.63) is 89.1 Å². The third kappa shape index (κ3) is 2.65. The molecule has 0 fully saturated rings. The summed E-state index contributed by atoms with van der Waals surface area (Å²) in [6.07, 6.45) is 2.58. The average Bonchev–Trinajstić information content (AvgIpc) is 3.15. The predicted octanol–water partition coefficient (Wildman–Crippen LogP) is 3.83. The zero-order valence-corrected chi connectivity index (χ0v) is 14.5. The zero-order valence-electron chi connectivity index (χ0n) is 14.5. The van der Waals surface area contributed by atoms with Crippen molar-refractivity contribution >= 4 is 11.7 Å². The maximum absolute atomic E-state index is 13.3. The molecule has 0 bridgehead atoms. The number of fused-ring (bicyclic) bond motifs is 1. The summed E-state index contributed by atoms with van der Waals surface area (Å²) in [5.41, 5.74) is 3.61. The van der Waals surface area contributed by atoms with Gasteiger partial charge in [-0.3, -0.25) is 4.79 Å². The summed E-state index contributed by atoms with van der Waals surface area (Å²) in [5, 5.41) is 7.64. The predicted molar refractivity (Wildman–Crippen MR) is 98.6 cm³/mol. The molecule has 5 rings (SSSR count). The fourth-order valence-corrected chi connectivity index (χ4v) is 4.07. The Kier molecular flexibility index (Phi) is 3.63. The first-order valence-electron chi connectivity index (χ1n) is 8.94. The number of aromatic nitrogens is 3. The quantitative estimate of drug-likeness (QED) is 0.754. The van der Waals surface area contributed by atoms with Gasteiger partial charge in [-0.15, -0.1) is 0 Å². The highest BCUT2D eigenvalue weighted by molar-refractivity contribution is 6.00. The Morgan fingerprint density at radius 2 is 1.78 bits per heavy atom. The van der Waals surface area contributed by atoms with Crippen LogP contribution >= 0.6 is 0 Å². The Bertz CT molecular complexity index is 1040. The molecule has 6 heteroatoms. The number of hydrogen-bond donors (Lipinski definition) is 1. The van der Waals surface area contributed by atoms with Gasteiger partial charge in [-0.05, 0) is 35.6 Å². The standard InChI is InChI=1S/C21H17FN4O/c22-16-8-6-13(7-9-16)15-10-17-19(18(27)11-15)20(14-4-2-1-3-5-14)26-21(25-17)23-12-24-26/h1-9,12,15,20H,10-11H2,(H,23,24,25)/t15-,20+/m1/s1. The Labute approximate surface area is 155 Å². The van der Waals surface area contributed by atoms with Crippen LogP contribution < -0.4 is 5.32 Å². The molecule has 1 aliphatic heterocycles. The molecule has 3 aromatic rings. The normalized spacial score (nSPS) is 21.4. The molecule has 2 heterocycles. The van der Waals surface area contributed by atoms with Gasteiger partial charge in [-0.2, -0.15) is 10.1 Å². The fourth-order valence-electron chi connectivity index (χ4n) is 4.07. The summed E-state index contributed by atoms with van der Waals surface area (Å²) < 4.78 is 15.0. The lowest BCUT2D eigenvalue weighted by atomic mass is 9.78. The van der Waals surface area contributed by atoms with Crippen LogP contribution in [0.1, 0.15) is 35.9 Å². The second-order valence-corrected chi connectivity index (χ2v) is 6.94. The van der Waals surface area contributed by atoms with E-state index in [9.17, 15) is 9.18 Å². The summed E-state index contributed by atoms with van der Waals surface area (Å²) in [5.74, 6) is 0.479. The van der Waals surface area contributed by atoms with Crippen LogP contribution in [0, 0.1) is 5.82 Å². The number of Topliss-reactive ketones (excluding diaryl/α,β-unsaturated/α-hetero) is 1. The lowest BCUT2D eigenvalue weighted by Gasteiger charge is -2.35. The summed E-state index contributed by atoms with van der Waals surface area (Å²) in [7, 11) is 0. The molecule has 0 saturated carbocycles. The van der Waals surface area contributed by atoms with Crippen LogP contribution in [0.15, 0.2) is 72.2 Å². The lowest BCUT2D eigenvalue weighted by Crippen LogP contribution is -2.33. The molecular formula is C21H17FN4O. The second-order valence-electron chi connectivity index (χ2n) is 6.94. The van der Waals surface area contributed by atoms with Crippen LogP contribution in [0.25, 0.3) is 0 Å². The highest BCUT2D eigenvalue weighted by Crippen LogP contribution is 2.43. The molecule has 0 amide bonds. The van der Waals surface area contributed by atoms with Crippen molar-refractivity contribution in [2.75, 3.05) is 5.32 Å². The zero-order chi connectivity index (χ0) is 18.4. The molecule has 134 valence electrons. The van der Waals surface area contributed by atoms with E-state index in [1.165, 1.54) is 18.5 Å². The first-order chi connectivity index (χ1) is 13.2. The molecule has 2 atom stereocenters. The minimum atomic E-state index is -0.276. The molecule has 2 aromatic carbocycles. The van der Waals surface area contributed by atoms with Crippen molar-refractivity contribution in [3.63, 3.8) is 0 Å². The van der Waals surface area contributed by atoms with Gasteiger partial charge in [-0.1, -0.05) is 42.5 Å². The molecular weight excluding hydrogens is 343 g/mol. The summed E-state index contributed by atoms with van der Waals surface area (Å²) in [6, 6.07) is 16.0. The number of anilines is 1. The second kappa shape index (κ2) is 6.16. The van der Waals surface area contributed by atoms with Crippen LogP contribution in [0.4, 0.5) is 10.3 Å². The molecule has 5 nitrogen and oxygen atoms in total. The van der Waals surface area contributed by atoms with E-state index in [0.29, 0.717) is 18.8 Å². The van der Waals surface area contributed by atoms with E-state index in [1.54, 1.807) is 16.8 Å². The number of hydrogen-bond acceptors (Lipinski definition) is 4. The number of benzene rings is 2. The molecule has 0 unspecified atom stereocenters. The molecule has 1 aromatic heterocycles. The van der Waals surface area contributed by atoms with Gasteiger partial charge in [0.2, 0.25) is 5.95 Å². The molecule has 0 spiro atoms. The van der Waals surface area contributed by atoms with E-state index in [-0.39, 0.29) is 23.6 Å². The number of allylic oxidation sites excluding steroid dienone is 2. The molecule has 27 heavy (non-hydrogen) atoms. The Hall–Kier alpha value is -3.28. The monoisotopic (exact) mass is 360 g/mol. The van der Waals surface area contributed by atoms with Crippen molar-refractivity contribution in [2.45, 2.75) is 24.8 Å². The van der Waals surface area contributed by atoms with Crippen molar-refractivity contribution in [3.8, 4) is 0 Å². The number of halogens is 1. The SMILES string of the molecule is O=C1C[C@H](c2ccc(F)cc2)CC2=C1[C@H](c1ccccc1)n1ncnc1N2. The number of nitrogens with zero attached hydrogens (tertiary/aromatic N) is 3. The molecule has 2 aliphatic rings. The van der Waals surface area contributed by atoms with Gasteiger partial charge in [0.15, 0.2) is 5.78 Å². The Morgan fingerprint density at radius 1 is 1.00 bits per heavy atom. The minimum Gasteiger partial charge on any atom is -0.328 e. The van der Waals surface area contributed by atoms with Crippen LogP contribution in [0.5, 0.6) is 0 Å². The molecule has 1 N–H and O–H groups in total. The maximum Gasteiger partial charge on any atom is 0.226 e. The van der Waals surface area contributed by atoms with Gasteiger partial charge < -0.3 is 5.32 Å². The Morgan fingerprint density at radius 3 is 2.56 bits per heavy atom. The third-order valence-electron chi connectivity index (χ3n) is 5.32. The van der Waals surface area contributed by atoms with E-state index >= 15 is 0 Å². The maximum atomic E-state index is 13.3.